The van der Waals surface area contributed by atoms with E-state index in [1.165, 1.54) is 0 Å². The van der Waals surface area contributed by atoms with Crippen LogP contribution in [-0.2, 0) is 0 Å². The summed E-state index contributed by atoms with van der Waals surface area (Å²) in [6, 6.07) is 87.4. The van der Waals surface area contributed by atoms with Gasteiger partial charge in [-0.25, -0.2) is 15.0 Å². The minimum Gasteiger partial charge on any atom is -0.309 e. The number of hydrogen-bond acceptors (Lipinski definition) is 11. The van der Waals surface area contributed by atoms with Crippen LogP contribution >= 0.6 is 0 Å². The normalized spacial score (nSPS) is 10.8. The molecule has 0 spiro atoms. The van der Waals surface area contributed by atoms with E-state index < -0.39 is 0 Å². The molecule has 13 nitrogen and oxygen atoms in total. The second-order valence-corrected chi connectivity index (χ2v) is 21.2. The first-order chi connectivity index (χ1) is 44.3. The van der Waals surface area contributed by atoms with Crippen LogP contribution in [0, 0.1) is 90.6 Å². The molecule has 0 saturated heterocycles. The van der Waals surface area contributed by atoms with Gasteiger partial charge in [-0.3, -0.25) is 0 Å². The van der Waals surface area contributed by atoms with Crippen LogP contribution in [-0.4, -0.2) is 24.1 Å². The van der Waals surface area contributed by atoms with Gasteiger partial charge in [0.1, 0.15) is 0 Å². The van der Waals surface area contributed by atoms with E-state index in [-0.39, 0.29) is 0 Å². The lowest BCUT2D eigenvalue weighted by atomic mass is 9.93. The van der Waals surface area contributed by atoms with Gasteiger partial charge in [-0.2, -0.15) is 42.1 Å². The van der Waals surface area contributed by atoms with E-state index in [4.69, 9.17) is 15.0 Å². The first-order valence-corrected chi connectivity index (χ1v) is 28.2. The number of fused-ring (bicyclic) bond motifs is 6. The molecule has 90 heavy (non-hydrogen) atoms. The van der Waals surface area contributed by atoms with Crippen LogP contribution in [0.2, 0.25) is 0 Å². The molecule has 3 heterocycles. The zero-order chi connectivity index (χ0) is 61.6. The van der Waals surface area contributed by atoms with Crippen molar-refractivity contribution in [2.24, 2.45) is 0 Å². The Kier molecular flexibility index (Phi) is 13.3. The molecule has 0 bridgehead atoms. The summed E-state index contributed by atoms with van der Waals surface area (Å²) in [6.45, 7) is 0. The molecule has 0 unspecified atom stereocenters. The molecule has 14 aromatic rings. The molecule has 0 fully saturated rings. The number of nitriles is 8. The maximum absolute atomic E-state index is 10.5. The molecule has 0 atom stereocenters. The number of nitrogens with zero attached hydrogens (tertiary/aromatic N) is 13. The van der Waals surface area contributed by atoms with Gasteiger partial charge in [0, 0.05) is 71.9 Å². The fraction of sp³-hybridized carbons (Fsp3) is 0. The van der Waals surface area contributed by atoms with Crippen molar-refractivity contribution in [1.29, 1.82) is 42.1 Å². The maximum Gasteiger partial charge on any atom is 0.164 e. The standard InChI is InChI=1S/C77H37N13/c78-38-52-15-7-16-53(39-79)71(52)48-23-27-67-63(33-48)64-34-49(72-54(40-80)17-8-18-55(72)41-81)24-28-68(64)89(67)61-31-60(77-87-75(46-11-3-1-4-12-46)86-76(88-77)47-13-5-2-6-14-47)32-62(37-61)90-69-29-25-50(73-56(42-82)19-9-20-57(73)43-83)35-65(69)66-36-51(26-30-70(66)90)74-58(44-84)21-10-22-59(74)45-85/h1-37H. The molecule has 13 heteroatoms. The quantitative estimate of drug-likeness (QED) is 0.132. The van der Waals surface area contributed by atoms with Crippen molar-refractivity contribution in [3.05, 3.63) is 269 Å². The van der Waals surface area contributed by atoms with Crippen molar-refractivity contribution in [1.82, 2.24) is 24.1 Å². The van der Waals surface area contributed by atoms with Crippen LogP contribution in [0.5, 0.6) is 0 Å². The van der Waals surface area contributed by atoms with Gasteiger partial charge < -0.3 is 9.13 Å². The monoisotopic (exact) mass is 1140 g/mol. The van der Waals surface area contributed by atoms with Gasteiger partial charge in [0.2, 0.25) is 0 Å². The van der Waals surface area contributed by atoms with Crippen molar-refractivity contribution < 1.29 is 0 Å². The van der Waals surface area contributed by atoms with E-state index in [2.05, 4.69) is 63.8 Å². The van der Waals surface area contributed by atoms with E-state index in [9.17, 15) is 42.1 Å². The van der Waals surface area contributed by atoms with E-state index in [0.29, 0.717) is 123 Å². The van der Waals surface area contributed by atoms with Crippen LogP contribution in [0.3, 0.4) is 0 Å². The van der Waals surface area contributed by atoms with Gasteiger partial charge in [-0.15, -0.1) is 0 Å². The molecule has 410 valence electrons. The molecule has 3 aromatic heterocycles. The highest BCUT2D eigenvalue weighted by atomic mass is 15.0. The van der Waals surface area contributed by atoms with Gasteiger partial charge in [-0.1, -0.05) is 109 Å². The predicted molar refractivity (Wildman–Crippen MR) is 344 cm³/mol. The molecule has 0 radical (unpaired) electrons. The van der Waals surface area contributed by atoms with Crippen LogP contribution in [0.1, 0.15) is 44.5 Å². The Labute approximate surface area is 514 Å². The van der Waals surface area contributed by atoms with E-state index in [1.54, 1.807) is 72.8 Å². The molecule has 0 N–H and O–H groups in total. The van der Waals surface area contributed by atoms with Crippen LogP contribution in [0.4, 0.5) is 0 Å². The lowest BCUT2D eigenvalue weighted by Crippen LogP contribution is -2.03. The molecule has 14 rings (SSSR count). The fourth-order valence-electron chi connectivity index (χ4n) is 12.3. The third-order valence-electron chi connectivity index (χ3n) is 16.3. The van der Waals surface area contributed by atoms with Gasteiger partial charge in [0.05, 0.1) is 115 Å². The Balaban J connectivity index is 1.11. The Morgan fingerprint density at radius 2 is 0.467 bits per heavy atom. The number of rotatable bonds is 9. The highest BCUT2D eigenvalue weighted by Crippen LogP contribution is 2.44. The highest BCUT2D eigenvalue weighted by molar-refractivity contribution is 6.14. The average molecular weight is 1140 g/mol. The fourth-order valence-corrected chi connectivity index (χ4v) is 12.3. The second-order valence-electron chi connectivity index (χ2n) is 21.2. The van der Waals surface area contributed by atoms with Crippen molar-refractivity contribution in [2.75, 3.05) is 0 Å². The lowest BCUT2D eigenvalue weighted by Gasteiger charge is -2.16. The minimum absolute atomic E-state index is 0.323. The predicted octanol–water partition coefficient (Wildman–Crippen LogP) is 16.7. The largest absolute Gasteiger partial charge is 0.309 e. The Bertz CT molecular complexity index is 5030. The summed E-state index contributed by atoms with van der Waals surface area (Å²) < 4.78 is 4.25. The molecule has 0 amide bonds. The third kappa shape index (κ3) is 8.93. The Morgan fingerprint density at radius 1 is 0.222 bits per heavy atom. The third-order valence-corrected chi connectivity index (χ3v) is 16.3. The van der Waals surface area contributed by atoms with E-state index >= 15 is 0 Å². The number of hydrogen-bond donors (Lipinski definition) is 0. The van der Waals surface area contributed by atoms with Crippen LogP contribution < -0.4 is 0 Å². The topological polar surface area (TPSA) is 239 Å². The summed E-state index contributed by atoms with van der Waals surface area (Å²) in [7, 11) is 0. The summed E-state index contributed by atoms with van der Waals surface area (Å²) in [4.78, 5) is 15.6. The zero-order valence-corrected chi connectivity index (χ0v) is 47.2. The summed E-state index contributed by atoms with van der Waals surface area (Å²) in [5.74, 6) is 1.23. The maximum atomic E-state index is 10.5. The summed E-state index contributed by atoms with van der Waals surface area (Å²) in [6.07, 6.45) is 0. The van der Waals surface area contributed by atoms with Crippen molar-refractivity contribution in [3.63, 3.8) is 0 Å². The summed E-state index contributed by atoms with van der Waals surface area (Å²) >= 11 is 0. The molecule has 0 aliphatic heterocycles. The molecule has 11 aromatic carbocycles. The van der Waals surface area contributed by atoms with Crippen molar-refractivity contribution >= 4 is 43.6 Å². The lowest BCUT2D eigenvalue weighted by molar-refractivity contribution is 1.07. The van der Waals surface area contributed by atoms with Crippen LogP contribution in [0.25, 0.3) is 134 Å². The Hall–Kier alpha value is -14.1. The van der Waals surface area contributed by atoms with Crippen molar-refractivity contribution in [2.45, 2.75) is 0 Å². The second kappa shape index (κ2) is 22.2. The Morgan fingerprint density at radius 3 is 0.711 bits per heavy atom. The molecule has 0 aliphatic rings. The summed E-state index contributed by atoms with van der Waals surface area (Å²) in [5.41, 5.74) is 13.3. The van der Waals surface area contributed by atoms with Gasteiger partial charge >= 0.3 is 0 Å². The van der Waals surface area contributed by atoms with Crippen molar-refractivity contribution in [3.8, 4) is 139 Å². The number of benzene rings is 11. The SMILES string of the molecule is N#Cc1cccc(C#N)c1-c1ccc2c(c1)c1cc(-c3c(C#N)cccc3C#N)ccc1n2-c1cc(-c2nc(-c3ccccc3)nc(-c3ccccc3)n2)cc(-n2c3ccc(-c4c(C#N)cccc4C#N)cc3c3cc(-c4c(C#N)cccc4C#N)ccc32)c1. The zero-order valence-electron chi connectivity index (χ0n) is 47.2. The minimum atomic E-state index is 0.323. The van der Waals surface area contributed by atoms with Gasteiger partial charge in [0.15, 0.2) is 17.5 Å². The average Bonchev–Trinajstić information content (AvgIpc) is 1.67. The first-order valence-electron chi connectivity index (χ1n) is 28.2. The summed E-state index contributed by atoms with van der Waals surface area (Å²) in [5, 5.41) is 86.6. The smallest absolute Gasteiger partial charge is 0.164 e. The first kappa shape index (κ1) is 53.9. The molecule has 0 saturated carbocycles. The number of aromatic nitrogens is 5. The highest BCUT2D eigenvalue weighted by Gasteiger charge is 2.25. The van der Waals surface area contributed by atoms with E-state index in [0.717, 1.165) is 54.7 Å². The van der Waals surface area contributed by atoms with Crippen LogP contribution in [0.15, 0.2) is 224 Å². The van der Waals surface area contributed by atoms with E-state index in [1.807, 2.05) is 146 Å². The van der Waals surface area contributed by atoms with Gasteiger partial charge in [0.25, 0.3) is 0 Å². The molecular formula is C77H37N13. The molecular weight excluding hydrogens is 1110 g/mol. The molecule has 0 aliphatic carbocycles. The van der Waals surface area contributed by atoms with Gasteiger partial charge in [-0.05, 0) is 138 Å².